The number of guanidine groups is 1. The Morgan fingerprint density at radius 1 is 1.09 bits per heavy atom. The zero-order valence-corrected chi connectivity index (χ0v) is 20.9. The van der Waals surface area contributed by atoms with E-state index in [4.69, 9.17) is 9.73 Å². The summed E-state index contributed by atoms with van der Waals surface area (Å²) in [5.41, 5.74) is 3.24. The average Bonchev–Trinajstić information content (AvgIpc) is 3.48. The van der Waals surface area contributed by atoms with E-state index in [1.54, 1.807) is 0 Å². The Kier molecular flexibility index (Phi) is 9.55. The fourth-order valence-corrected chi connectivity index (χ4v) is 3.83. The van der Waals surface area contributed by atoms with Crippen LogP contribution in [0.4, 0.5) is 0 Å². The lowest BCUT2D eigenvalue weighted by Gasteiger charge is -2.21. The maximum Gasteiger partial charge on any atom is 0.194 e. The highest BCUT2D eigenvalue weighted by Crippen LogP contribution is 2.18. The van der Waals surface area contributed by atoms with Crippen LogP contribution < -0.4 is 5.32 Å². The highest BCUT2D eigenvalue weighted by Gasteiger charge is 2.25. The van der Waals surface area contributed by atoms with Gasteiger partial charge in [0.15, 0.2) is 5.96 Å². The SMILES string of the molecule is CCNC(=NCc1ccn(-c2ccccc2)n1)N1CCC(COCc2ccccc2)C1.I. The smallest absolute Gasteiger partial charge is 0.194 e. The van der Waals surface area contributed by atoms with Crippen molar-refractivity contribution in [1.82, 2.24) is 20.0 Å². The van der Waals surface area contributed by atoms with Gasteiger partial charge in [0.25, 0.3) is 0 Å². The lowest BCUT2D eigenvalue weighted by atomic mass is 10.1. The van der Waals surface area contributed by atoms with Crippen LogP contribution in [0.3, 0.4) is 0 Å². The molecule has 1 fully saturated rings. The molecule has 4 rings (SSSR count). The van der Waals surface area contributed by atoms with E-state index >= 15 is 0 Å². The number of ether oxygens (including phenoxy) is 1. The molecule has 1 aliphatic rings. The minimum Gasteiger partial charge on any atom is -0.376 e. The summed E-state index contributed by atoms with van der Waals surface area (Å²) in [7, 11) is 0. The lowest BCUT2D eigenvalue weighted by Crippen LogP contribution is -2.40. The molecule has 0 spiro atoms. The van der Waals surface area contributed by atoms with Crippen LogP contribution in [0.25, 0.3) is 5.69 Å². The Morgan fingerprint density at radius 2 is 1.84 bits per heavy atom. The van der Waals surface area contributed by atoms with Crippen molar-refractivity contribution >= 4 is 29.9 Å². The fraction of sp³-hybridized carbons (Fsp3) is 0.360. The van der Waals surface area contributed by atoms with E-state index in [0.29, 0.717) is 19.1 Å². The Hall–Kier alpha value is -2.39. The number of aromatic nitrogens is 2. The molecule has 1 unspecified atom stereocenters. The number of nitrogens with one attached hydrogen (secondary N) is 1. The number of halogens is 1. The van der Waals surface area contributed by atoms with E-state index in [9.17, 15) is 0 Å². The van der Waals surface area contributed by atoms with Gasteiger partial charge >= 0.3 is 0 Å². The maximum atomic E-state index is 5.97. The first kappa shape index (κ1) is 24.3. The molecule has 32 heavy (non-hydrogen) atoms. The topological polar surface area (TPSA) is 54.7 Å². The second-order valence-electron chi connectivity index (χ2n) is 7.86. The van der Waals surface area contributed by atoms with Gasteiger partial charge in [0.2, 0.25) is 0 Å². The van der Waals surface area contributed by atoms with Crippen LogP contribution in [0, 0.1) is 5.92 Å². The molecular weight excluding hydrogens is 513 g/mol. The second kappa shape index (κ2) is 12.6. The third-order valence-corrected chi connectivity index (χ3v) is 5.44. The molecule has 170 valence electrons. The van der Waals surface area contributed by atoms with Crippen molar-refractivity contribution in [3.63, 3.8) is 0 Å². The summed E-state index contributed by atoms with van der Waals surface area (Å²) in [4.78, 5) is 7.19. The molecule has 0 saturated carbocycles. The Morgan fingerprint density at radius 3 is 2.59 bits per heavy atom. The number of para-hydroxylation sites is 1. The van der Waals surface area contributed by atoms with Crippen molar-refractivity contribution in [1.29, 1.82) is 0 Å². The summed E-state index contributed by atoms with van der Waals surface area (Å²) in [6, 6.07) is 22.5. The Balaban J connectivity index is 0.00000289. The third-order valence-electron chi connectivity index (χ3n) is 5.44. The first-order valence-electron chi connectivity index (χ1n) is 11.1. The van der Waals surface area contributed by atoms with Gasteiger partial charge in [0.05, 0.1) is 31.1 Å². The molecular formula is C25H32IN5O. The first-order valence-corrected chi connectivity index (χ1v) is 11.1. The molecule has 7 heteroatoms. The minimum atomic E-state index is 0. The van der Waals surface area contributed by atoms with Crippen molar-refractivity contribution in [2.24, 2.45) is 10.9 Å². The van der Waals surface area contributed by atoms with Crippen molar-refractivity contribution in [2.75, 3.05) is 26.2 Å². The number of rotatable bonds is 8. The molecule has 1 saturated heterocycles. The van der Waals surface area contributed by atoms with Gasteiger partial charge in [0.1, 0.15) is 0 Å². The first-order chi connectivity index (χ1) is 15.3. The van der Waals surface area contributed by atoms with Gasteiger partial charge in [0, 0.05) is 31.7 Å². The predicted molar refractivity (Wildman–Crippen MR) is 140 cm³/mol. The van der Waals surface area contributed by atoms with Crippen molar-refractivity contribution < 1.29 is 4.74 Å². The largest absolute Gasteiger partial charge is 0.376 e. The summed E-state index contributed by atoms with van der Waals surface area (Å²) in [6.07, 6.45) is 3.12. The zero-order valence-electron chi connectivity index (χ0n) is 18.6. The van der Waals surface area contributed by atoms with Gasteiger partial charge in [-0.05, 0) is 37.1 Å². The number of aliphatic imine (C=N–C) groups is 1. The van der Waals surface area contributed by atoms with Crippen molar-refractivity contribution in [3.8, 4) is 5.69 Å². The number of nitrogens with zero attached hydrogens (tertiary/aromatic N) is 4. The molecule has 6 nitrogen and oxygen atoms in total. The summed E-state index contributed by atoms with van der Waals surface area (Å²) in [5, 5.41) is 8.10. The molecule has 2 heterocycles. The maximum absolute atomic E-state index is 5.97. The van der Waals surface area contributed by atoms with Crippen LogP contribution in [0.15, 0.2) is 77.9 Å². The number of hydrogen-bond acceptors (Lipinski definition) is 3. The monoisotopic (exact) mass is 545 g/mol. The number of hydrogen-bond donors (Lipinski definition) is 1. The van der Waals surface area contributed by atoms with Crippen LogP contribution in [-0.2, 0) is 17.9 Å². The van der Waals surface area contributed by atoms with Crippen LogP contribution in [0.5, 0.6) is 0 Å². The van der Waals surface area contributed by atoms with Gasteiger partial charge in [-0.15, -0.1) is 24.0 Å². The van der Waals surface area contributed by atoms with Gasteiger partial charge < -0.3 is 15.0 Å². The van der Waals surface area contributed by atoms with Gasteiger partial charge in [-0.2, -0.15) is 5.10 Å². The third kappa shape index (κ3) is 6.80. The summed E-state index contributed by atoms with van der Waals surface area (Å²) < 4.78 is 7.86. The molecule has 1 N–H and O–H groups in total. The zero-order chi connectivity index (χ0) is 21.3. The highest BCUT2D eigenvalue weighted by molar-refractivity contribution is 14.0. The Bertz CT molecular complexity index is 961. The van der Waals surface area contributed by atoms with E-state index in [0.717, 1.165) is 50.0 Å². The number of benzene rings is 2. The standard InChI is InChI=1S/C25H31N5O.HI/c1-2-26-25(27-17-23-14-16-30(28-23)24-11-7-4-8-12-24)29-15-13-22(18-29)20-31-19-21-9-5-3-6-10-21;/h3-12,14,16,22H,2,13,15,17-20H2,1H3,(H,26,27);1H. The van der Waals surface area contributed by atoms with Crippen LogP contribution in [0.1, 0.15) is 24.6 Å². The molecule has 0 aliphatic carbocycles. The van der Waals surface area contributed by atoms with E-state index in [2.05, 4.69) is 46.5 Å². The number of likely N-dealkylation sites (tertiary alicyclic amines) is 1. The molecule has 2 aromatic carbocycles. The van der Waals surface area contributed by atoms with Gasteiger partial charge in [-0.3, -0.25) is 0 Å². The lowest BCUT2D eigenvalue weighted by molar-refractivity contribution is 0.0906. The average molecular weight is 545 g/mol. The quantitative estimate of drug-likeness (QED) is 0.258. The van der Waals surface area contributed by atoms with Crippen LogP contribution in [0.2, 0.25) is 0 Å². The second-order valence-corrected chi connectivity index (χ2v) is 7.86. The fourth-order valence-electron chi connectivity index (χ4n) is 3.83. The van der Waals surface area contributed by atoms with Crippen molar-refractivity contribution in [2.45, 2.75) is 26.5 Å². The molecule has 1 atom stereocenters. The summed E-state index contributed by atoms with van der Waals surface area (Å²) in [5.74, 6) is 1.49. The molecule has 0 bridgehead atoms. The Labute approximate surface area is 207 Å². The molecule has 3 aromatic rings. The molecule has 1 aromatic heterocycles. The molecule has 0 radical (unpaired) electrons. The van der Waals surface area contributed by atoms with Gasteiger partial charge in [-0.25, -0.2) is 9.67 Å². The van der Waals surface area contributed by atoms with E-state index in [-0.39, 0.29) is 24.0 Å². The van der Waals surface area contributed by atoms with E-state index < -0.39 is 0 Å². The van der Waals surface area contributed by atoms with Gasteiger partial charge in [-0.1, -0.05) is 48.5 Å². The highest BCUT2D eigenvalue weighted by atomic mass is 127. The summed E-state index contributed by atoms with van der Waals surface area (Å²) in [6.45, 7) is 6.96. The minimum absolute atomic E-state index is 0. The molecule has 0 amide bonds. The predicted octanol–water partition coefficient (Wildman–Crippen LogP) is 4.49. The molecule has 1 aliphatic heterocycles. The van der Waals surface area contributed by atoms with Crippen LogP contribution >= 0.6 is 24.0 Å². The van der Waals surface area contributed by atoms with E-state index in [1.165, 1.54) is 5.56 Å². The van der Waals surface area contributed by atoms with Crippen molar-refractivity contribution in [3.05, 3.63) is 84.2 Å². The van der Waals surface area contributed by atoms with E-state index in [1.807, 2.05) is 53.3 Å². The van der Waals surface area contributed by atoms with Crippen LogP contribution in [-0.4, -0.2) is 46.9 Å². The summed E-state index contributed by atoms with van der Waals surface area (Å²) >= 11 is 0. The normalized spacial score (nSPS) is 16.1.